The first kappa shape index (κ1) is 14.7. The Morgan fingerprint density at radius 3 is 2.95 bits per heavy atom. The van der Waals surface area contributed by atoms with Crippen molar-refractivity contribution in [1.82, 2.24) is 4.98 Å². The molecule has 0 unspecified atom stereocenters. The summed E-state index contributed by atoms with van der Waals surface area (Å²) in [5.74, 6) is 4.02. The SMILES string of the molecule is Cc1ccc(NC(=O)c2ncccc2C#CCO)c(F)c1. The summed E-state index contributed by atoms with van der Waals surface area (Å²) < 4.78 is 13.7. The van der Waals surface area contributed by atoms with Gasteiger partial charge < -0.3 is 10.4 Å². The van der Waals surface area contributed by atoms with Crippen LogP contribution in [0.4, 0.5) is 10.1 Å². The molecule has 1 aromatic heterocycles. The van der Waals surface area contributed by atoms with Gasteiger partial charge in [-0.05, 0) is 36.8 Å². The van der Waals surface area contributed by atoms with Crippen molar-refractivity contribution in [3.8, 4) is 11.8 Å². The molecule has 21 heavy (non-hydrogen) atoms. The second-order valence-electron chi connectivity index (χ2n) is 4.30. The van der Waals surface area contributed by atoms with Gasteiger partial charge in [-0.15, -0.1) is 0 Å². The Kier molecular flexibility index (Phi) is 4.64. The second-order valence-corrected chi connectivity index (χ2v) is 4.30. The average Bonchev–Trinajstić information content (AvgIpc) is 2.48. The van der Waals surface area contributed by atoms with E-state index < -0.39 is 11.7 Å². The minimum absolute atomic E-state index is 0.0809. The number of aromatic nitrogens is 1. The summed E-state index contributed by atoms with van der Waals surface area (Å²) in [5, 5.41) is 11.2. The minimum Gasteiger partial charge on any atom is -0.384 e. The van der Waals surface area contributed by atoms with Crippen LogP contribution >= 0.6 is 0 Å². The number of hydrogen-bond donors (Lipinski definition) is 2. The number of nitrogens with one attached hydrogen (secondary N) is 1. The van der Waals surface area contributed by atoms with Crippen molar-refractivity contribution < 1.29 is 14.3 Å². The van der Waals surface area contributed by atoms with Gasteiger partial charge in [-0.3, -0.25) is 4.79 Å². The monoisotopic (exact) mass is 284 g/mol. The third-order valence-electron chi connectivity index (χ3n) is 2.70. The van der Waals surface area contributed by atoms with Crippen LogP contribution in [0, 0.1) is 24.6 Å². The highest BCUT2D eigenvalue weighted by molar-refractivity contribution is 6.04. The molecule has 0 radical (unpaired) electrons. The van der Waals surface area contributed by atoms with Crippen LogP contribution in [0.25, 0.3) is 0 Å². The lowest BCUT2D eigenvalue weighted by Gasteiger charge is -2.07. The van der Waals surface area contributed by atoms with E-state index in [9.17, 15) is 9.18 Å². The van der Waals surface area contributed by atoms with Crippen LogP contribution in [0.5, 0.6) is 0 Å². The third kappa shape index (κ3) is 3.65. The summed E-state index contributed by atoms with van der Waals surface area (Å²) in [6.07, 6.45) is 1.45. The van der Waals surface area contributed by atoms with Crippen molar-refractivity contribution in [2.24, 2.45) is 0 Å². The number of halogens is 1. The highest BCUT2D eigenvalue weighted by atomic mass is 19.1. The fraction of sp³-hybridized carbons (Fsp3) is 0.125. The van der Waals surface area contributed by atoms with Gasteiger partial charge in [0.25, 0.3) is 5.91 Å². The van der Waals surface area contributed by atoms with Crippen LogP contribution in [0.15, 0.2) is 36.5 Å². The molecule has 4 nitrogen and oxygen atoms in total. The zero-order valence-corrected chi connectivity index (χ0v) is 11.4. The smallest absolute Gasteiger partial charge is 0.275 e. The van der Waals surface area contributed by atoms with Crippen molar-refractivity contribution in [2.75, 3.05) is 11.9 Å². The van der Waals surface area contributed by atoms with Gasteiger partial charge in [0.1, 0.15) is 18.1 Å². The van der Waals surface area contributed by atoms with Crippen molar-refractivity contribution in [2.45, 2.75) is 6.92 Å². The molecule has 0 atom stereocenters. The molecule has 2 aromatic rings. The molecule has 0 aliphatic rings. The van der Waals surface area contributed by atoms with E-state index in [1.165, 1.54) is 18.3 Å². The molecule has 2 N–H and O–H groups in total. The summed E-state index contributed by atoms with van der Waals surface area (Å²) >= 11 is 0. The van der Waals surface area contributed by atoms with Gasteiger partial charge in [0, 0.05) is 6.20 Å². The van der Waals surface area contributed by atoms with E-state index in [0.717, 1.165) is 5.56 Å². The Balaban J connectivity index is 2.28. The van der Waals surface area contributed by atoms with Crippen LogP contribution in [-0.2, 0) is 0 Å². The Morgan fingerprint density at radius 1 is 1.43 bits per heavy atom. The molecule has 0 bridgehead atoms. The fourth-order valence-corrected chi connectivity index (χ4v) is 1.72. The van der Waals surface area contributed by atoms with E-state index in [0.29, 0.717) is 5.56 Å². The van der Waals surface area contributed by atoms with Crippen molar-refractivity contribution >= 4 is 11.6 Å². The molecule has 0 spiro atoms. The third-order valence-corrected chi connectivity index (χ3v) is 2.70. The summed E-state index contributed by atoms with van der Waals surface area (Å²) in [4.78, 5) is 16.1. The second kappa shape index (κ2) is 6.64. The lowest BCUT2D eigenvalue weighted by atomic mass is 10.1. The van der Waals surface area contributed by atoms with Gasteiger partial charge in [0.2, 0.25) is 0 Å². The van der Waals surface area contributed by atoms with Gasteiger partial charge in [-0.2, -0.15) is 0 Å². The number of aliphatic hydroxyl groups is 1. The maximum atomic E-state index is 13.7. The first-order chi connectivity index (χ1) is 10.1. The van der Waals surface area contributed by atoms with Gasteiger partial charge >= 0.3 is 0 Å². The Labute approximate surface area is 121 Å². The largest absolute Gasteiger partial charge is 0.384 e. The number of anilines is 1. The number of pyridine rings is 1. The Morgan fingerprint density at radius 2 is 2.24 bits per heavy atom. The van der Waals surface area contributed by atoms with Crippen LogP contribution in [0.2, 0.25) is 0 Å². The number of nitrogens with zero attached hydrogens (tertiary/aromatic N) is 1. The Hall–Kier alpha value is -2.71. The van der Waals surface area contributed by atoms with Gasteiger partial charge in [0.05, 0.1) is 11.3 Å². The molecule has 1 heterocycles. The zero-order valence-electron chi connectivity index (χ0n) is 11.4. The number of aliphatic hydroxyl groups excluding tert-OH is 1. The average molecular weight is 284 g/mol. The van der Waals surface area contributed by atoms with E-state index in [4.69, 9.17) is 5.11 Å². The normalized spacial score (nSPS) is 9.67. The number of amides is 1. The van der Waals surface area contributed by atoms with E-state index >= 15 is 0 Å². The highest BCUT2D eigenvalue weighted by Gasteiger charge is 2.13. The van der Waals surface area contributed by atoms with Gasteiger partial charge in [-0.1, -0.05) is 17.9 Å². The molecular formula is C16H13FN2O2. The van der Waals surface area contributed by atoms with Crippen LogP contribution < -0.4 is 5.32 Å². The molecule has 5 heteroatoms. The molecular weight excluding hydrogens is 271 g/mol. The van der Waals surface area contributed by atoms with Crippen LogP contribution in [0.1, 0.15) is 21.6 Å². The van der Waals surface area contributed by atoms with Crippen molar-refractivity contribution in [1.29, 1.82) is 0 Å². The first-order valence-electron chi connectivity index (χ1n) is 6.24. The van der Waals surface area contributed by atoms with Crippen molar-refractivity contribution in [3.63, 3.8) is 0 Å². The van der Waals surface area contributed by atoms with E-state index in [-0.39, 0.29) is 18.0 Å². The molecule has 2 rings (SSSR count). The summed E-state index contributed by atoms with van der Waals surface area (Å²) in [6.45, 7) is 1.44. The number of aryl methyl sites for hydroxylation is 1. The zero-order chi connectivity index (χ0) is 15.2. The quantitative estimate of drug-likeness (QED) is 0.830. The van der Waals surface area contributed by atoms with Crippen molar-refractivity contribution in [3.05, 3.63) is 59.2 Å². The molecule has 0 saturated carbocycles. The number of benzene rings is 1. The maximum absolute atomic E-state index is 13.7. The lowest BCUT2D eigenvalue weighted by Crippen LogP contribution is -2.16. The lowest BCUT2D eigenvalue weighted by molar-refractivity contribution is 0.102. The minimum atomic E-state index is -0.555. The summed E-state index contributed by atoms with van der Waals surface area (Å²) in [6, 6.07) is 7.76. The van der Waals surface area contributed by atoms with E-state index in [1.807, 2.05) is 0 Å². The van der Waals surface area contributed by atoms with Gasteiger partial charge in [-0.25, -0.2) is 9.37 Å². The molecule has 1 amide bonds. The van der Waals surface area contributed by atoms with Crippen LogP contribution in [-0.4, -0.2) is 22.6 Å². The molecule has 0 fully saturated rings. The predicted molar refractivity (Wildman–Crippen MR) is 77.3 cm³/mol. The topological polar surface area (TPSA) is 62.2 Å². The van der Waals surface area contributed by atoms with Crippen LogP contribution in [0.3, 0.4) is 0 Å². The summed E-state index contributed by atoms with van der Waals surface area (Å²) in [7, 11) is 0. The summed E-state index contributed by atoms with van der Waals surface area (Å²) in [5.41, 5.74) is 1.30. The maximum Gasteiger partial charge on any atom is 0.275 e. The number of carbonyl (C=O) groups excluding carboxylic acids is 1. The molecule has 0 aliphatic carbocycles. The Bertz CT molecular complexity index is 733. The first-order valence-corrected chi connectivity index (χ1v) is 6.24. The van der Waals surface area contributed by atoms with E-state index in [1.54, 1.807) is 25.1 Å². The fourth-order valence-electron chi connectivity index (χ4n) is 1.72. The number of rotatable bonds is 2. The highest BCUT2D eigenvalue weighted by Crippen LogP contribution is 2.16. The molecule has 106 valence electrons. The molecule has 0 aliphatic heterocycles. The standard InChI is InChI=1S/C16H13FN2O2/c1-11-6-7-14(13(17)10-11)19-16(21)15-12(5-3-9-20)4-2-8-18-15/h2,4,6-8,10,20H,9H2,1H3,(H,19,21). The predicted octanol–water partition coefficient (Wildman–Crippen LogP) is 2.13. The molecule has 0 saturated heterocycles. The number of carbonyl (C=O) groups is 1. The van der Waals surface area contributed by atoms with Gasteiger partial charge in [0.15, 0.2) is 0 Å². The molecule has 1 aromatic carbocycles. The number of hydrogen-bond acceptors (Lipinski definition) is 3. The van der Waals surface area contributed by atoms with E-state index in [2.05, 4.69) is 22.1 Å².